The molecule has 1 aromatic heterocycles. The fourth-order valence-electron chi connectivity index (χ4n) is 3.08. The Morgan fingerprint density at radius 1 is 1.32 bits per heavy atom. The quantitative estimate of drug-likeness (QED) is 0.795. The Balaban J connectivity index is 1.48. The zero-order chi connectivity index (χ0) is 18.0. The van der Waals surface area contributed by atoms with E-state index in [0.29, 0.717) is 19.0 Å². The van der Waals surface area contributed by atoms with Gasteiger partial charge in [0.2, 0.25) is 0 Å². The summed E-state index contributed by atoms with van der Waals surface area (Å²) in [5, 5.41) is 18.9. The van der Waals surface area contributed by atoms with Gasteiger partial charge in [-0.3, -0.25) is 4.90 Å². The number of aliphatic hydroxyl groups excluding tert-OH is 1. The number of hydrogen-bond donors (Lipinski definition) is 1. The second-order valence-corrected chi connectivity index (χ2v) is 7.24. The Morgan fingerprint density at radius 3 is 2.76 bits per heavy atom. The lowest BCUT2D eigenvalue weighted by Gasteiger charge is -2.21. The Kier molecular flexibility index (Phi) is 5.39. The molecule has 1 heterocycles. The van der Waals surface area contributed by atoms with Gasteiger partial charge in [0.1, 0.15) is 30.1 Å². The van der Waals surface area contributed by atoms with Gasteiger partial charge in [-0.1, -0.05) is 17.7 Å². The van der Waals surface area contributed by atoms with E-state index in [1.165, 1.54) is 18.4 Å². The normalized spacial score (nSPS) is 15.6. The number of hydrogen-bond acceptors (Lipinski definition) is 5. The summed E-state index contributed by atoms with van der Waals surface area (Å²) in [6.45, 7) is 5.54. The fraction of sp³-hybridized carbons (Fsp3) is 0.579. The second kappa shape index (κ2) is 7.54. The molecule has 1 N–H and O–H groups in total. The summed E-state index contributed by atoms with van der Waals surface area (Å²) in [4.78, 5) is 2.05. The number of aliphatic hydroxyl groups is 1. The lowest BCUT2D eigenvalue weighted by Crippen LogP contribution is -2.33. The van der Waals surface area contributed by atoms with Crippen LogP contribution in [0.15, 0.2) is 18.2 Å². The largest absolute Gasteiger partial charge is 0.491 e. The van der Waals surface area contributed by atoms with Crippen molar-refractivity contribution in [2.45, 2.75) is 45.3 Å². The molecule has 0 radical (unpaired) electrons. The Bertz CT molecular complexity index is 724. The first-order valence-electron chi connectivity index (χ1n) is 8.89. The van der Waals surface area contributed by atoms with Crippen LogP contribution in [0.4, 0.5) is 0 Å². The summed E-state index contributed by atoms with van der Waals surface area (Å²) >= 11 is 0. The van der Waals surface area contributed by atoms with Gasteiger partial charge in [-0.15, -0.1) is 10.2 Å². The molecule has 25 heavy (non-hydrogen) atoms. The van der Waals surface area contributed by atoms with Crippen molar-refractivity contribution in [1.29, 1.82) is 0 Å². The van der Waals surface area contributed by atoms with Crippen molar-refractivity contribution in [2.24, 2.45) is 7.05 Å². The average Bonchev–Trinajstić information content (AvgIpc) is 3.32. The van der Waals surface area contributed by atoms with E-state index >= 15 is 0 Å². The van der Waals surface area contributed by atoms with E-state index in [1.54, 1.807) is 0 Å². The van der Waals surface area contributed by atoms with Gasteiger partial charge in [-0.25, -0.2) is 0 Å². The van der Waals surface area contributed by atoms with Gasteiger partial charge in [0.05, 0.1) is 6.54 Å². The van der Waals surface area contributed by atoms with Crippen molar-refractivity contribution in [3.63, 3.8) is 0 Å². The first-order chi connectivity index (χ1) is 11.9. The molecule has 0 saturated heterocycles. The molecule has 1 aromatic carbocycles. The van der Waals surface area contributed by atoms with Gasteiger partial charge in [0, 0.05) is 19.5 Å². The highest BCUT2D eigenvalue weighted by molar-refractivity contribution is 5.35. The molecular weight excluding hydrogens is 316 g/mol. The van der Waals surface area contributed by atoms with E-state index in [0.717, 1.165) is 23.0 Å². The van der Waals surface area contributed by atoms with Crippen molar-refractivity contribution >= 4 is 0 Å². The van der Waals surface area contributed by atoms with Crippen LogP contribution in [0.25, 0.3) is 0 Å². The van der Waals surface area contributed by atoms with Crippen LogP contribution in [0.1, 0.15) is 41.5 Å². The second-order valence-electron chi connectivity index (χ2n) is 7.24. The van der Waals surface area contributed by atoms with Crippen molar-refractivity contribution in [3.05, 3.63) is 41.0 Å². The fourth-order valence-corrected chi connectivity index (χ4v) is 3.08. The Labute approximate surface area is 149 Å². The van der Waals surface area contributed by atoms with Crippen LogP contribution in [0.3, 0.4) is 0 Å². The number of rotatable bonds is 8. The molecule has 1 aliphatic carbocycles. The van der Waals surface area contributed by atoms with Gasteiger partial charge < -0.3 is 14.4 Å². The highest BCUT2D eigenvalue weighted by atomic mass is 16.5. The number of likely N-dealkylation sites (N-methyl/N-ethyl adjacent to an activating group) is 1. The van der Waals surface area contributed by atoms with Crippen molar-refractivity contribution in [2.75, 3.05) is 20.2 Å². The van der Waals surface area contributed by atoms with E-state index in [-0.39, 0.29) is 6.61 Å². The summed E-state index contributed by atoms with van der Waals surface area (Å²) in [5.74, 6) is 3.44. The van der Waals surface area contributed by atoms with E-state index in [2.05, 4.69) is 32.7 Å². The maximum Gasteiger partial charge on any atom is 0.146 e. The van der Waals surface area contributed by atoms with Crippen molar-refractivity contribution in [3.8, 4) is 5.75 Å². The van der Waals surface area contributed by atoms with Gasteiger partial charge in [0.25, 0.3) is 0 Å². The third-order valence-corrected chi connectivity index (χ3v) is 4.64. The first-order valence-corrected chi connectivity index (χ1v) is 8.89. The lowest BCUT2D eigenvalue weighted by atomic mass is 10.1. The van der Waals surface area contributed by atoms with Gasteiger partial charge in [0.15, 0.2) is 0 Å². The molecule has 6 heteroatoms. The summed E-state index contributed by atoms with van der Waals surface area (Å²) < 4.78 is 7.85. The zero-order valence-corrected chi connectivity index (χ0v) is 15.6. The molecule has 0 aliphatic heterocycles. The predicted octanol–water partition coefficient (Wildman–Crippen LogP) is 2.18. The number of benzene rings is 1. The van der Waals surface area contributed by atoms with Crippen LogP contribution in [-0.2, 0) is 13.6 Å². The maximum atomic E-state index is 10.3. The SMILES string of the molecule is Cc1ccc(OCC(O)CN(C)Cc2nnc(C3CC3)n2C)c(C)c1. The summed E-state index contributed by atoms with van der Waals surface area (Å²) in [5.41, 5.74) is 2.30. The summed E-state index contributed by atoms with van der Waals surface area (Å²) in [6, 6.07) is 6.06. The van der Waals surface area contributed by atoms with Crippen LogP contribution in [0.2, 0.25) is 0 Å². The molecule has 1 atom stereocenters. The highest BCUT2D eigenvalue weighted by Crippen LogP contribution is 2.38. The molecule has 0 spiro atoms. The van der Waals surface area contributed by atoms with E-state index in [4.69, 9.17) is 4.74 Å². The monoisotopic (exact) mass is 344 g/mol. The molecule has 136 valence electrons. The minimum Gasteiger partial charge on any atom is -0.491 e. The summed E-state index contributed by atoms with van der Waals surface area (Å²) in [7, 11) is 4.00. The molecule has 2 aromatic rings. The van der Waals surface area contributed by atoms with Gasteiger partial charge >= 0.3 is 0 Å². The van der Waals surface area contributed by atoms with Crippen LogP contribution < -0.4 is 4.74 Å². The smallest absolute Gasteiger partial charge is 0.146 e. The molecule has 6 nitrogen and oxygen atoms in total. The molecule has 3 rings (SSSR count). The topological polar surface area (TPSA) is 63.4 Å². The number of nitrogens with zero attached hydrogens (tertiary/aromatic N) is 4. The van der Waals surface area contributed by atoms with Crippen molar-refractivity contribution in [1.82, 2.24) is 19.7 Å². The van der Waals surface area contributed by atoms with E-state index < -0.39 is 6.10 Å². The molecule has 1 unspecified atom stereocenters. The molecule has 1 aliphatic rings. The van der Waals surface area contributed by atoms with Crippen molar-refractivity contribution < 1.29 is 9.84 Å². The molecule has 0 bridgehead atoms. The number of aromatic nitrogens is 3. The standard InChI is InChI=1S/C19H28N4O2/c1-13-5-8-17(14(2)9-13)25-12-16(24)10-22(3)11-18-20-21-19(23(18)4)15-6-7-15/h5,8-9,15-16,24H,6-7,10-12H2,1-4H3. The molecule has 0 amide bonds. The number of aryl methyl sites for hydroxylation is 2. The Morgan fingerprint density at radius 2 is 2.08 bits per heavy atom. The molecule has 1 saturated carbocycles. The van der Waals surface area contributed by atoms with Crippen LogP contribution >= 0.6 is 0 Å². The minimum absolute atomic E-state index is 0.278. The van der Waals surface area contributed by atoms with Crippen LogP contribution in [-0.4, -0.2) is 51.1 Å². The third-order valence-electron chi connectivity index (χ3n) is 4.64. The van der Waals surface area contributed by atoms with Gasteiger partial charge in [-0.2, -0.15) is 0 Å². The highest BCUT2D eigenvalue weighted by Gasteiger charge is 2.29. The van der Waals surface area contributed by atoms with Crippen LogP contribution in [0, 0.1) is 13.8 Å². The molecule has 1 fully saturated rings. The van der Waals surface area contributed by atoms with E-state index in [1.807, 2.05) is 33.2 Å². The summed E-state index contributed by atoms with van der Waals surface area (Å²) in [6.07, 6.45) is 1.88. The zero-order valence-electron chi connectivity index (χ0n) is 15.6. The van der Waals surface area contributed by atoms with Gasteiger partial charge in [-0.05, 0) is 45.4 Å². The Hall–Kier alpha value is -1.92. The number of ether oxygens (including phenoxy) is 1. The van der Waals surface area contributed by atoms with E-state index in [9.17, 15) is 5.11 Å². The molecular formula is C19H28N4O2. The average molecular weight is 344 g/mol. The van der Waals surface area contributed by atoms with Crippen LogP contribution in [0.5, 0.6) is 5.75 Å². The predicted molar refractivity (Wildman–Crippen MR) is 96.7 cm³/mol. The maximum absolute atomic E-state index is 10.3. The third kappa shape index (κ3) is 4.58. The lowest BCUT2D eigenvalue weighted by molar-refractivity contribution is 0.0731. The first kappa shape index (κ1) is 17.9. The minimum atomic E-state index is -0.554.